The summed E-state index contributed by atoms with van der Waals surface area (Å²) in [4.78, 5) is 11.6. The lowest BCUT2D eigenvalue weighted by atomic mass is 9.76. The van der Waals surface area contributed by atoms with Crippen molar-refractivity contribution in [1.29, 1.82) is 0 Å². The quantitative estimate of drug-likeness (QED) is 0.772. The van der Waals surface area contributed by atoms with Gasteiger partial charge in [-0.2, -0.15) is 0 Å². The first-order chi connectivity index (χ1) is 6.98. The van der Waals surface area contributed by atoms with Crippen LogP contribution in [0.3, 0.4) is 0 Å². The standard InChI is InChI=1S/C11H17F2NO/c1-7(8-3-2-4-8)10(15)14-9-5-11(12,13)6-9/h7-9H,2-6H2,1H3,(H,14,15). The largest absolute Gasteiger partial charge is 0.353 e. The molecule has 2 aliphatic rings. The van der Waals surface area contributed by atoms with Gasteiger partial charge in [-0.1, -0.05) is 13.3 Å². The summed E-state index contributed by atoms with van der Waals surface area (Å²) < 4.78 is 25.0. The smallest absolute Gasteiger partial charge is 0.252 e. The molecule has 0 spiro atoms. The first-order valence-corrected chi connectivity index (χ1v) is 5.66. The van der Waals surface area contributed by atoms with E-state index in [0.29, 0.717) is 5.92 Å². The van der Waals surface area contributed by atoms with Gasteiger partial charge in [-0.25, -0.2) is 8.78 Å². The van der Waals surface area contributed by atoms with Gasteiger partial charge in [0.2, 0.25) is 5.91 Å². The first kappa shape index (κ1) is 10.8. The van der Waals surface area contributed by atoms with E-state index in [1.165, 1.54) is 6.42 Å². The summed E-state index contributed by atoms with van der Waals surface area (Å²) in [6.07, 6.45) is 3.04. The van der Waals surface area contributed by atoms with Gasteiger partial charge in [-0.05, 0) is 18.8 Å². The number of halogens is 2. The maximum atomic E-state index is 12.5. The van der Waals surface area contributed by atoms with Crippen molar-refractivity contribution in [2.24, 2.45) is 11.8 Å². The Balaban J connectivity index is 1.73. The van der Waals surface area contributed by atoms with Crippen molar-refractivity contribution in [1.82, 2.24) is 5.32 Å². The second-order valence-electron chi connectivity index (χ2n) is 4.95. The minimum atomic E-state index is -2.54. The maximum Gasteiger partial charge on any atom is 0.252 e. The molecule has 86 valence electrons. The summed E-state index contributed by atoms with van der Waals surface area (Å²) in [6, 6.07) is -0.296. The van der Waals surface area contributed by atoms with E-state index in [4.69, 9.17) is 0 Å². The summed E-state index contributed by atoms with van der Waals surface area (Å²) in [6.45, 7) is 1.90. The molecule has 2 aliphatic carbocycles. The SMILES string of the molecule is CC(C(=O)NC1CC(F)(F)C1)C1CCC1. The third-order valence-electron chi connectivity index (χ3n) is 3.71. The van der Waals surface area contributed by atoms with Crippen LogP contribution < -0.4 is 5.32 Å². The molecular formula is C11H17F2NO. The van der Waals surface area contributed by atoms with E-state index in [1.54, 1.807) is 0 Å². The number of hydrogen-bond donors (Lipinski definition) is 1. The van der Waals surface area contributed by atoms with Crippen LogP contribution in [0.25, 0.3) is 0 Å². The lowest BCUT2D eigenvalue weighted by Crippen LogP contribution is -2.52. The summed E-state index contributed by atoms with van der Waals surface area (Å²) in [5, 5.41) is 2.70. The average molecular weight is 217 g/mol. The Morgan fingerprint density at radius 2 is 2.00 bits per heavy atom. The zero-order valence-electron chi connectivity index (χ0n) is 8.93. The molecule has 0 bridgehead atoms. The zero-order valence-corrected chi connectivity index (χ0v) is 8.93. The molecule has 2 rings (SSSR count). The van der Waals surface area contributed by atoms with Gasteiger partial charge in [0.15, 0.2) is 0 Å². The van der Waals surface area contributed by atoms with Crippen LogP contribution in [-0.2, 0) is 4.79 Å². The highest BCUT2D eigenvalue weighted by Gasteiger charge is 2.46. The Kier molecular flexibility index (Phi) is 2.69. The van der Waals surface area contributed by atoms with E-state index in [9.17, 15) is 13.6 Å². The molecule has 0 aliphatic heterocycles. The van der Waals surface area contributed by atoms with E-state index in [-0.39, 0.29) is 30.7 Å². The van der Waals surface area contributed by atoms with Crippen molar-refractivity contribution in [2.75, 3.05) is 0 Å². The molecule has 4 heteroatoms. The fourth-order valence-electron chi connectivity index (χ4n) is 2.25. The highest BCUT2D eigenvalue weighted by molar-refractivity contribution is 5.79. The van der Waals surface area contributed by atoms with Crippen molar-refractivity contribution in [2.45, 2.75) is 51.0 Å². The Morgan fingerprint density at radius 1 is 1.40 bits per heavy atom. The van der Waals surface area contributed by atoms with Gasteiger partial charge >= 0.3 is 0 Å². The molecule has 0 aromatic heterocycles. The van der Waals surface area contributed by atoms with Crippen molar-refractivity contribution in [3.63, 3.8) is 0 Å². The van der Waals surface area contributed by atoms with Crippen LogP contribution in [0.15, 0.2) is 0 Å². The fourth-order valence-corrected chi connectivity index (χ4v) is 2.25. The Bertz CT molecular complexity index is 255. The molecule has 2 fully saturated rings. The normalized spacial score (nSPS) is 27.7. The number of rotatable bonds is 3. The lowest BCUT2D eigenvalue weighted by molar-refractivity contribution is -0.134. The lowest BCUT2D eigenvalue weighted by Gasteiger charge is -2.37. The van der Waals surface area contributed by atoms with E-state index in [0.717, 1.165) is 12.8 Å². The van der Waals surface area contributed by atoms with Gasteiger partial charge in [-0.15, -0.1) is 0 Å². The first-order valence-electron chi connectivity index (χ1n) is 5.66. The fraction of sp³-hybridized carbons (Fsp3) is 0.909. The molecule has 1 atom stereocenters. The minimum Gasteiger partial charge on any atom is -0.353 e. The van der Waals surface area contributed by atoms with Crippen molar-refractivity contribution in [3.05, 3.63) is 0 Å². The number of carbonyl (C=O) groups excluding carboxylic acids is 1. The molecule has 1 unspecified atom stereocenters. The summed E-state index contributed by atoms with van der Waals surface area (Å²) in [7, 11) is 0. The van der Waals surface area contributed by atoms with Crippen molar-refractivity contribution >= 4 is 5.91 Å². The minimum absolute atomic E-state index is 0.00651. The molecule has 0 aromatic rings. The number of amides is 1. The van der Waals surface area contributed by atoms with Crippen LogP contribution in [0.2, 0.25) is 0 Å². The molecule has 2 saturated carbocycles. The summed E-state index contributed by atoms with van der Waals surface area (Å²) in [5.41, 5.74) is 0. The monoisotopic (exact) mass is 217 g/mol. The van der Waals surface area contributed by atoms with E-state index >= 15 is 0 Å². The molecule has 1 amide bonds. The molecule has 1 N–H and O–H groups in total. The van der Waals surface area contributed by atoms with Gasteiger partial charge in [0, 0.05) is 24.8 Å². The highest BCUT2D eigenvalue weighted by atomic mass is 19.3. The van der Waals surface area contributed by atoms with Gasteiger partial charge < -0.3 is 5.32 Å². The molecule has 0 saturated heterocycles. The van der Waals surface area contributed by atoms with Crippen molar-refractivity contribution < 1.29 is 13.6 Å². The van der Waals surface area contributed by atoms with Gasteiger partial charge in [-0.3, -0.25) is 4.79 Å². The van der Waals surface area contributed by atoms with E-state index in [2.05, 4.69) is 5.32 Å². The van der Waals surface area contributed by atoms with Crippen LogP contribution in [0.4, 0.5) is 8.78 Å². The predicted molar refractivity (Wildman–Crippen MR) is 52.6 cm³/mol. The summed E-state index contributed by atoms with van der Waals surface area (Å²) in [5.74, 6) is -2.11. The van der Waals surface area contributed by atoms with E-state index in [1.807, 2.05) is 6.92 Å². The highest BCUT2D eigenvalue weighted by Crippen LogP contribution is 2.38. The van der Waals surface area contributed by atoms with Crippen LogP contribution in [0.5, 0.6) is 0 Å². The van der Waals surface area contributed by atoms with Crippen LogP contribution in [-0.4, -0.2) is 17.9 Å². The predicted octanol–water partition coefficient (Wildman–Crippen LogP) is 2.34. The molecule has 0 radical (unpaired) electrons. The Hall–Kier alpha value is -0.670. The molecule has 2 nitrogen and oxygen atoms in total. The average Bonchev–Trinajstić information content (AvgIpc) is 1.97. The molecular weight excluding hydrogens is 200 g/mol. The van der Waals surface area contributed by atoms with Gasteiger partial charge in [0.05, 0.1) is 0 Å². The summed E-state index contributed by atoms with van der Waals surface area (Å²) >= 11 is 0. The molecule has 0 aromatic carbocycles. The molecule has 0 heterocycles. The second-order valence-corrected chi connectivity index (χ2v) is 4.95. The van der Waals surface area contributed by atoms with E-state index < -0.39 is 5.92 Å². The number of nitrogens with one attached hydrogen (secondary N) is 1. The Labute approximate surface area is 88.4 Å². The molecule has 15 heavy (non-hydrogen) atoms. The van der Waals surface area contributed by atoms with Gasteiger partial charge in [0.25, 0.3) is 5.92 Å². The third-order valence-corrected chi connectivity index (χ3v) is 3.71. The second kappa shape index (κ2) is 3.72. The number of hydrogen-bond acceptors (Lipinski definition) is 1. The third kappa shape index (κ3) is 2.29. The number of alkyl halides is 2. The van der Waals surface area contributed by atoms with Crippen LogP contribution in [0.1, 0.15) is 39.0 Å². The van der Waals surface area contributed by atoms with Crippen LogP contribution >= 0.6 is 0 Å². The maximum absolute atomic E-state index is 12.5. The van der Waals surface area contributed by atoms with Crippen LogP contribution in [0, 0.1) is 11.8 Å². The number of carbonyl (C=O) groups is 1. The van der Waals surface area contributed by atoms with Gasteiger partial charge in [0.1, 0.15) is 0 Å². The topological polar surface area (TPSA) is 29.1 Å². The Morgan fingerprint density at radius 3 is 2.40 bits per heavy atom. The van der Waals surface area contributed by atoms with Crippen molar-refractivity contribution in [3.8, 4) is 0 Å². The zero-order chi connectivity index (χ0) is 11.1.